The topological polar surface area (TPSA) is 52.0 Å². The molecule has 3 nitrogen and oxygen atoms in total. The third-order valence-corrected chi connectivity index (χ3v) is 4.37. The van der Waals surface area contributed by atoms with Crippen LogP contribution in [0.4, 0.5) is 5.88 Å². The van der Waals surface area contributed by atoms with Gasteiger partial charge >= 0.3 is 0 Å². The lowest BCUT2D eigenvalue weighted by Crippen LogP contribution is -1.88. The van der Waals surface area contributed by atoms with Crippen LogP contribution in [0.3, 0.4) is 0 Å². The minimum absolute atomic E-state index is 0.270. The molecule has 0 atom stereocenters. The van der Waals surface area contributed by atoms with Crippen LogP contribution in [0.2, 0.25) is 5.02 Å². The number of hydrogen-bond donors (Lipinski definition) is 1. The molecular weight excluding hydrogens is 419 g/mol. The fourth-order valence-electron chi connectivity index (χ4n) is 2.06. The first-order chi connectivity index (χ1) is 10.1. The number of nitrogens with zero attached hydrogens (tertiary/aromatic N) is 1. The van der Waals surface area contributed by atoms with Gasteiger partial charge in [0.1, 0.15) is 5.69 Å². The molecule has 3 rings (SSSR count). The van der Waals surface area contributed by atoms with Crippen LogP contribution in [-0.2, 0) is 0 Å². The first-order valence-corrected chi connectivity index (χ1v) is 7.99. The van der Waals surface area contributed by atoms with Crippen molar-refractivity contribution in [3.63, 3.8) is 0 Å². The van der Waals surface area contributed by atoms with Crippen molar-refractivity contribution in [3.05, 3.63) is 56.4 Å². The third-order valence-electron chi connectivity index (χ3n) is 3.04. The maximum atomic E-state index is 6.30. The van der Waals surface area contributed by atoms with Crippen LogP contribution in [-0.4, -0.2) is 5.16 Å². The SMILES string of the molecule is Nc1onc(-c2ccc(Br)cc2Cl)c1-c1ccc(Br)cc1. The van der Waals surface area contributed by atoms with Crippen LogP contribution in [0.1, 0.15) is 0 Å². The highest BCUT2D eigenvalue weighted by atomic mass is 79.9. The van der Waals surface area contributed by atoms with Gasteiger partial charge in [-0.15, -0.1) is 0 Å². The zero-order valence-corrected chi connectivity index (χ0v) is 14.5. The van der Waals surface area contributed by atoms with E-state index in [1.54, 1.807) is 0 Å². The highest BCUT2D eigenvalue weighted by molar-refractivity contribution is 9.10. The Hall–Kier alpha value is -1.30. The normalized spacial score (nSPS) is 10.8. The van der Waals surface area contributed by atoms with Gasteiger partial charge in [-0.05, 0) is 29.8 Å². The van der Waals surface area contributed by atoms with Gasteiger partial charge in [-0.3, -0.25) is 0 Å². The number of anilines is 1. The van der Waals surface area contributed by atoms with Crippen LogP contribution in [0.25, 0.3) is 22.4 Å². The van der Waals surface area contributed by atoms with E-state index in [2.05, 4.69) is 37.0 Å². The summed E-state index contributed by atoms with van der Waals surface area (Å²) < 4.78 is 7.06. The molecule has 1 aromatic heterocycles. The Morgan fingerprint density at radius 3 is 2.33 bits per heavy atom. The zero-order valence-electron chi connectivity index (χ0n) is 10.6. The fraction of sp³-hybridized carbons (Fsp3) is 0. The third kappa shape index (κ3) is 2.86. The number of hydrogen-bond acceptors (Lipinski definition) is 3. The maximum absolute atomic E-state index is 6.30. The van der Waals surface area contributed by atoms with Crippen molar-refractivity contribution in [1.82, 2.24) is 5.16 Å². The zero-order chi connectivity index (χ0) is 15.0. The summed E-state index contributed by atoms with van der Waals surface area (Å²) in [5.41, 5.74) is 9.01. The van der Waals surface area contributed by atoms with Gasteiger partial charge in [-0.1, -0.05) is 66.8 Å². The quantitative estimate of drug-likeness (QED) is 0.564. The van der Waals surface area contributed by atoms with E-state index in [1.165, 1.54) is 0 Å². The Bertz CT molecular complexity index is 800. The number of benzene rings is 2. The maximum Gasteiger partial charge on any atom is 0.230 e. The van der Waals surface area contributed by atoms with Crippen molar-refractivity contribution in [1.29, 1.82) is 0 Å². The molecule has 3 aromatic rings. The number of nitrogen functional groups attached to an aromatic ring is 1. The summed E-state index contributed by atoms with van der Waals surface area (Å²) in [5.74, 6) is 0.270. The molecule has 0 fully saturated rings. The lowest BCUT2D eigenvalue weighted by Gasteiger charge is -2.05. The van der Waals surface area contributed by atoms with Crippen LogP contribution >= 0.6 is 43.5 Å². The molecule has 1 heterocycles. The number of nitrogens with two attached hydrogens (primary N) is 1. The molecule has 0 saturated carbocycles. The van der Waals surface area contributed by atoms with E-state index in [0.29, 0.717) is 10.7 Å². The highest BCUT2D eigenvalue weighted by Gasteiger charge is 2.19. The van der Waals surface area contributed by atoms with Crippen LogP contribution in [0, 0.1) is 0 Å². The van der Waals surface area contributed by atoms with Gasteiger partial charge in [0.15, 0.2) is 0 Å². The summed E-state index contributed by atoms with van der Waals surface area (Å²) in [4.78, 5) is 0. The fourth-order valence-corrected chi connectivity index (χ4v) is 3.09. The molecule has 0 radical (unpaired) electrons. The largest absolute Gasteiger partial charge is 0.367 e. The van der Waals surface area contributed by atoms with E-state index < -0.39 is 0 Å². The monoisotopic (exact) mass is 426 g/mol. The molecule has 0 unspecified atom stereocenters. The summed E-state index contributed by atoms with van der Waals surface area (Å²) in [7, 11) is 0. The molecule has 0 saturated heterocycles. The molecule has 2 N–H and O–H groups in total. The number of rotatable bonds is 2. The number of halogens is 3. The van der Waals surface area contributed by atoms with Crippen LogP contribution in [0.5, 0.6) is 0 Å². The molecule has 21 heavy (non-hydrogen) atoms. The molecular formula is C15H9Br2ClN2O. The standard InChI is InChI=1S/C15H9Br2ClN2O/c16-9-3-1-8(2-4-9)13-14(20-21-15(13)19)11-6-5-10(17)7-12(11)18/h1-7H,19H2. The van der Waals surface area contributed by atoms with Crippen molar-refractivity contribution >= 4 is 49.3 Å². The van der Waals surface area contributed by atoms with Crippen molar-refractivity contribution in [2.45, 2.75) is 0 Å². The highest BCUT2D eigenvalue weighted by Crippen LogP contribution is 2.39. The summed E-state index contributed by atoms with van der Waals surface area (Å²) in [5, 5.41) is 4.64. The average molecular weight is 429 g/mol. The van der Waals surface area contributed by atoms with Gasteiger partial charge in [0, 0.05) is 14.5 Å². The first-order valence-electron chi connectivity index (χ1n) is 6.03. The Kier molecular flexibility index (Phi) is 4.06. The van der Waals surface area contributed by atoms with E-state index in [9.17, 15) is 0 Å². The molecule has 6 heteroatoms. The Morgan fingerprint density at radius 2 is 1.67 bits per heavy atom. The average Bonchev–Trinajstić information content (AvgIpc) is 2.82. The summed E-state index contributed by atoms with van der Waals surface area (Å²) in [6.07, 6.45) is 0. The number of aromatic nitrogens is 1. The molecule has 2 aromatic carbocycles. The van der Waals surface area contributed by atoms with Crippen molar-refractivity contribution in [2.24, 2.45) is 0 Å². The van der Waals surface area contributed by atoms with E-state index in [4.69, 9.17) is 21.9 Å². The molecule has 0 aliphatic carbocycles. The second-order valence-corrected chi connectivity index (χ2v) is 6.64. The predicted octanol–water partition coefficient (Wildman–Crippen LogP) is 5.77. The van der Waals surface area contributed by atoms with E-state index in [-0.39, 0.29) is 5.88 Å². The second-order valence-electron chi connectivity index (χ2n) is 4.40. The van der Waals surface area contributed by atoms with E-state index in [0.717, 1.165) is 25.6 Å². The van der Waals surface area contributed by atoms with Gasteiger partial charge in [-0.25, -0.2) is 0 Å². The van der Waals surface area contributed by atoms with Gasteiger partial charge < -0.3 is 10.3 Å². The van der Waals surface area contributed by atoms with E-state index in [1.807, 2.05) is 42.5 Å². The van der Waals surface area contributed by atoms with Gasteiger partial charge in [-0.2, -0.15) is 0 Å². The molecule has 0 amide bonds. The summed E-state index contributed by atoms with van der Waals surface area (Å²) >= 11 is 13.1. The Labute approximate surface area is 143 Å². The van der Waals surface area contributed by atoms with Crippen molar-refractivity contribution in [2.75, 3.05) is 5.73 Å². The van der Waals surface area contributed by atoms with E-state index >= 15 is 0 Å². The minimum atomic E-state index is 0.270. The summed E-state index contributed by atoms with van der Waals surface area (Å²) in [6, 6.07) is 13.4. The van der Waals surface area contributed by atoms with Gasteiger partial charge in [0.25, 0.3) is 0 Å². The van der Waals surface area contributed by atoms with Crippen LogP contribution < -0.4 is 5.73 Å². The molecule has 0 bridgehead atoms. The molecule has 0 spiro atoms. The predicted molar refractivity (Wildman–Crippen MR) is 92.2 cm³/mol. The van der Waals surface area contributed by atoms with Gasteiger partial charge in [0.2, 0.25) is 5.88 Å². The lowest BCUT2D eigenvalue weighted by molar-refractivity contribution is 0.439. The van der Waals surface area contributed by atoms with Gasteiger partial charge in [0.05, 0.1) is 10.6 Å². The molecule has 106 valence electrons. The second kappa shape index (κ2) is 5.83. The molecule has 0 aliphatic heterocycles. The Balaban J connectivity index is 2.19. The Morgan fingerprint density at radius 1 is 1.00 bits per heavy atom. The molecule has 0 aliphatic rings. The van der Waals surface area contributed by atoms with Crippen molar-refractivity contribution < 1.29 is 4.52 Å². The first kappa shape index (κ1) is 14.6. The van der Waals surface area contributed by atoms with Crippen LogP contribution in [0.15, 0.2) is 55.9 Å². The summed E-state index contributed by atoms with van der Waals surface area (Å²) in [6.45, 7) is 0. The smallest absolute Gasteiger partial charge is 0.230 e. The minimum Gasteiger partial charge on any atom is -0.367 e. The van der Waals surface area contributed by atoms with Crippen molar-refractivity contribution in [3.8, 4) is 22.4 Å². The lowest BCUT2D eigenvalue weighted by atomic mass is 10.0.